The average Bonchev–Trinajstić information content (AvgIpc) is 2.07. The van der Waals surface area contributed by atoms with Gasteiger partial charge in [-0.05, 0) is 13.5 Å². The van der Waals surface area contributed by atoms with Crippen LogP contribution in [0.15, 0.2) is 36.6 Å². The zero-order valence-corrected chi connectivity index (χ0v) is 7.83. The Kier molecular flexibility index (Phi) is 8.51. The number of hydrogen-bond acceptors (Lipinski definition) is 2. The minimum atomic E-state index is -0.519. The van der Waals surface area contributed by atoms with E-state index in [-0.39, 0.29) is 5.70 Å². The van der Waals surface area contributed by atoms with Crippen molar-refractivity contribution in [1.29, 1.82) is 0 Å². The lowest BCUT2D eigenvalue weighted by atomic mass is 10.2. The van der Waals surface area contributed by atoms with Crippen LogP contribution in [0.5, 0.6) is 0 Å². The lowest BCUT2D eigenvalue weighted by Crippen LogP contribution is -1.97. The summed E-state index contributed by atoms with van der Waals surface area (Å²) in [6.45, 7) is 12.3. The molecule has 68 valence electrons. The fraction of sp³-hybridized carbons (Fsp3) is 0.333. The Hall–Kier alpha value is -1.38. The smallest absolute Gasteiger partial charge is 0.258 e. The number of rotatable bonds is 3. The molecule has 0 aromatic rings. The standard InChI is InChI=1S/C7H9NO2.C2H6/c1-4-5-6(2)7(3)8(9)10;1-2/h4-5H,1,3H2,2H3;1-2H3/b6-5-;. The first-order chi connectivity index (χ1) is 5.59. The first kappa shape index (κ1) is 13.2. The normalized spacial score (nSPS) is 9.42. The van der Waals surface area contributed by atoms with Crippen LogP contribution >= 0.6 is 0 Å². The van der Waals surface area contributed by atoms with Gasteiger partial charge in [0.05, 0.1) is 4.92 Å². The summed E-state index contributed by atoms with van der Waals surface area (Å²) in [6.07, 6.45) is 3.04. The maximum atomic E-state index is 10.0. The summed E-state index contributed by atoms with van der Waals surface area (Å²) in [7, 11) is 0. The highest BCUT2D eigenvalue weighted by Gasteiger charge is 2.06. The molecule has 0 fully saturated rings. The van der Waals surface area contributed by atoms with Crippen LogP contribution in [0.1, 0.15) is 20.8 Å². The Morgan fingerprint density at radius 1 is 1.50 bits per heavy atom. The van der Waals surface area contributed by atoms with Crippen LogP contribution in [0.3, 0.4) is 0 Å². The molecule has 0 aliphatic carbocycles. The van der Waals surface area contributed by atoms with E-state index >= 15 is 0 Å². The van der Waals surface area contributed by atoms with Gasteiger partial charge in [0.2, 0.25) is 0 Å². The SMILES string of the molecule is C=C/C=C(/C)C(=C)[N+](=O)[O-].CC. The van der Waals surface area contributed by atoms with E-state index in [1.54, 1.807) is 13.0 Å². The molecule has 0 N–H and O–H groups in total. The molecule has 0 unspecified atom stereocenters. The van der Waals surface area contributed by atoms with E-state index in [1.165, 1.54) is 6.08 Å². The van der Waals surface area contributed by atoms with Crippen molar-refractivity contribution in [3.8, 4) is 0 Å². The summed E-state index contributed by atoms with van der Waals surface area (Å²) in [5.41, 5.74) is 0.444. The molecule has 3 heteroatoms. The monoisotopic (exact) mass is 169 g/mol. The molecule has 0 saturated carbocycles. The van der Waals surface area contributed by atoms with Gasteiger partial charge in [-0.2, -0.15) is 0 Å². The zero-order chi connectivity index (χ0) is 10.1. The van der Waals surface area contributed by atoms with E-state index in [2.05, 4.69) is 13.2 Å². The highest BCUT2D eigenvalue weighted by Crippen LogP contribution is 2.05. The highest BCUT2D eigenvalue weighted by atomic mass is 16.6. The van der Waals surface area contributed by atoms with Gasteiger partial charge in [-0.3, -0.25) is 10.1 Å². The van der Waals surface area contributed by atoms with E-state index in [9.17, 15) is 10.1 Å². The van der Waals surface area contributed by atoms with E-state index in [0.717, 1.165) is 0 Å². The van der Waals surface area contributed by atoms with Crippen LogP contribution in [-0.2, 0) is 0 Å². The van der Waals surface area contributed by atoms with E-state index in [0.29, 0.717) is 5.57 Å². The Balaban J connectivity index is 0. The molecule has 0 aromatic carbocycles. The molecule has 0 radical (unpaired) electrons. The van der Waals surface area contributed by atoms with Gasteiger partial charge in [-0.15, -0.1) is 0 Å². The van der Waals surface area contributed by atoms with Crippen LogP contribution in [0, 0.1) is 10.1 Å². The molecule has 3 nitrogen and oxygen atoms in total. The minimum Gasteiger partial charge on any atom is -0.258 e. The molecule has 0 aromatic heterocycles. The van der Waals surface area contributed by atoms with Crippen LogP contribution < -0.4 is 0 Å². The molecular formula is C9H15NO2. The summed E-state index contributed by atoms with van der Waals surface area (Å²) < 4.78 is 0. The van der Waals surface area contributed by atoms with Crippen molar-refractivity contribution in [3.05, 3.63) is 46.7 Å². The summed E-state index contributed by atoms with van der Waals surface area (Å²) in [6, 6.07) is 0. The Bertz CT molecular complexity index is 205. The van der Waals surface area contributed by atoms with Crippen LogP contribution in [0.25, 0.3) is 0 Å². The van der Waals surface area contributed by atoms with Gasteiger partial charge in [-0.1, -0.05) is 32.6 Å². The third kappa shape index (κ3) is 5.41. The molecule has 0 saturated heterocycles. The summed E-state index contributed by atoms with van der Waals surface area (Å²) in [5.74, 6) is 0. The van der Waals surface area contributed by atoms with Crippen LogP contribution in [-0.4, -0.2) is 4.92 Å². The third-order valence-corrected chi connectivity index (χ3v) is 1.04. The minimum absolute atomic E-state index is 0.0834. The highest BCUT2D eigenvalue weighted by molar-refractivity contribution is 5.23. The van der Waals surface area contributed by atoms with Crippen molar-refractivity contribution in [2.45, 2.75) is 20.8 Å². The molecule has 0 heterocycles. The summed E-state index contributed by atoms with van der Waals surface area (Å²) in [5, 5.41) is 10.0. The Morgan fingerprint density at radius 2 is 1.92 bits per heavy atom. The van der Waals surface area contributed by atoms with Crippen molar-refractivity contribution in [1.82, 2.24) is 0 Å². The predicted molar refractivity (Wildman–Crippen MR) is 51.4 cm³/mol. The van der Waals surface area contributed by atoms with Gasteiger partial charge in [0, 0.05) is 5.57 Å². The fourth-order valence-electron chi connectivity index (χ4n) is 0.417. The van der Waals surface area contributed by atoms with Gasteiger partial charge >= 0.3 is 0 Å². The van der Waals surface area contributed by atoms with Crippen molar-refractivity contribution >= 4 is 0 Å². The maximum Gasteiger partial charge on any atom is 0.265 e. The lowest BCUT2D eigenvalue weighted by Gasteiger charge is -1.92. The molecule has 12 heavy (non-hydrogen) atoms. The first-order valence-electron chi connectivity index (χ1n) is 3.72. The summed E-state index contributed by atoms with van der Waals surface area (Å²) >= 11 is 0. The molecule has 0 atom stereocenters. The topological polar surface area (TPSA) is 43.1 Å². The van der Waals surface area contributed by atoms with Crippen molar-refractivity contribution in [3.63, 3.8) is 0 Å². The van der Waals surface area contributed by atoms with Gasteiger partial charge in [0.15, 0.2) is 0 Å². The first-order valence-corrected chi connectivity index (χ1v) is 3.72. The van der Waals surface area contributed by atoms with Gasteiger partial charge in [0.1, 0.15) is 0 Å². The molecule has 0 bridgehead atoms. The second kappa shape index (κ2) is 7.72. The molecule has 0 amide bonds. The van der Waals surface area contributed by atoms with Crippen LogP contribution in [0.2, 0.25) is 0 Å². The summed E-state index contributed by atoms with van der Waals surface area (Å²) in [4.78, 5) is 9.53. The Labute approximate surface area is 73.2 Å². The van der Waals surface area contributed by atoms with Crippen molar-refractivity contribution in [2.24, 2.45) is 0 Å². The van der Waals surface area contributed by atoms with E-state index < -0.39 is 4.92 Å². The van der Waals surface area contributed by atoms with Gasteiger partial charge in [0.25, 0.3) is 5.70 Å². The maximum absolute atomic E-state index is 10.0. The zero-order valence-electron chi connectivity index (χ0n) is 7.83. The van der Waals surface area contributed by atoms with Crippen molar-refractivity contribution < 1.29 is 4.92 Å². The lowest BCUT2D eigenvalue weighted by molar-refractivity contribution is -0.420. The van der Waals surface area contributed by atoms with Crippen molar-refractivity contribution in [2.75, 3.05) is 0 Å². The van der Waals surface area contributed by atoms with E-state index in [4.69, 9.17) is 0 Å². The largest absolute Gasteiger partial charge is 0.265 e. The molecule has 0 aliphatic rings. The van der Waals surface area contributed by atoms with Gasteiger partial charge in [-0.25, -0.2) is 0 Å². The molecule has 0 rings (SSSR count). The number of nitrogens with zero attached hydrogens (tertiary/aromatic N) is 1. The number of allylic oxidation sites excluding steroid dienone is 3. The fourth-order valence-corrected chi connectivity index (χ4v) is 0.417. The predicted octanol–water partition coefficient (Wildman–Crippen LogP) is 2.94. The number of hydrogen-bond donors (Lipinski definition) is 0. The quantitative estimate of drug-likeness (QED) is 0.370. The second-order valence-corrected chi connectivity index (χ2v) is 1.79. The molecular weight excluding hydrogens is 154 g/mol. The molecule has 0 spiro atoms. The third-order valence-electron chi connectivity index (χ3n) is 1.04. The van der Waals surface area contributed by atoms with E-state index in [1.807, 2.05) is 13.8 Å². The second-order valence-electron chi connectivity index (χ2n) is 1.79. The average molecular weight is 169 g/mol. The number of nitro groups is 1. The Morgan fingerprint density at radius 3 is 2.17 bits per heavy atom. The van der Waals surface area contributed by atoms with Crippen LogP contribution in [0.4, 0.5) is 0 Å². The van der Waals surface area contributed by atoms with Gasteiger partial charge < -0.3 is 0 Å². The molecule has 0 aliphatic heterocycles.